The Morgan fingerprint density at radius 1 is 1.40 bits per heavy atom. The first-order valence-electron chi connectivity index (χ1n) is 8.90. The van der Waals surface area contributed by atoms with Gasteiger partial charge in [-0.1, -0.05) is 12.1 Å². The molecule has 2 heterocycles. The van der Waals surface area contributed by atoms with Crippen LogP contribution in [0.1, 0.15) is 61.0 Å². The maximum Gasteiger partial charge on any atom is 0.311 e. The van der Waals surface area contributed by atoms with E-state index in [2.05, 4.69) is 30.2 Å². The number of hydrogen-bond donors (Lipinski definition) is 0. The van der Waals surface area contributed by atoms with Gasteiger partial charge in [0.2, 0.25) is 0 Å². The van der Waals surface area contributed by atoms with Crippen molar-refractivity contribution in [1.29, 1.82) is 0 Å². The van der Waals surface area contributed by atoms with Gasteiger partial charge in [0.05, 0.1) is 18.2 Å². The summed E-state index contributed by atoms with van der Waals surface area (Å²) in [7, 11) is 1.46. The molecular formula is C19H29N3O2S. The fourth-order valence-electron chi connectivity index (χ4n) is 3.23. The standard InChI is InChI=1S/C19H29N3O2S/c1-7-14-11-17(25-13(14)3)16(19(4,5)18(23)24-6)10-9-15-12-22(8-2)21-20-15/h11-12,16H,7-10H2,1-6H3. The van der Waals surface area contributed by atoms with Crippen LogP contribution >= 0.6 is 11.3 Å². The SMILES string of the molecule is CCc1cc(C(CCc2cn(CC)nn2)C(C)(C)C(=O)OC)sc1C. The fourth-order valence-corrected chi connectivity index (χ4v) is 4.68. The van der Waals surface area contributed by atoms with Crippen LogP contribution < -0.4 is 0 Å². The molecule has 25 heavy (non-hydrogen) atoms. The normalized spacial score (nSPS) is 13.0. The molecule has 0 saturated heterocycles. The van der Waals surface area contributed by atoms with Crippen LogP contribution in [-0.2, 0) is 28.9 Å². The number of esters is 1. The quantitative estimate of drug-likeness (QED) is 0.661. The number of methoxy groups -OCH3 is 1. The molecule has 0 aliphatic rings. The van der Waals surface area contributed by atoms with Crippen molar-refractivity contribution in [2.24, 2.45) is 5.41 Å². The molecule has 2 aromatic rings. The van der Waals surface area contributed by atoms with Crippen molar-refractivity contribution >= 4 is 17.3 Å². The highest BCUT2D eigenvalue weighted by atomic mass is 32.1. The van der Waals surface area contributed by atoms with E-state index < -0.39 is 5.41 Å². The van der Waals surface area contributed by atoms with Gasteiger partial charge in [0.1, 0.15) is 0 Å². The van der Waals surface area contributed by atoms with Crippen molar-refractivity contribution in [3.05, 3.63) is 33.3 Å². The summed E-state index contributed by atoms with van der Waals surface area (Å²) in [5.74, 6) is -0.0745. The summed E-state index contributed by atoms with van der Waals surface area (Å²) in [6.45, 7) is 11.1. The number of carbonyl (C=O) groups excluding carboxylic acids is 1. The van der Waals surface area contributed by atoms with Gasteiger partial charge in [-0.3, -0.25) is 9.48 Å². The van der Waals surface area contributed by atoms with Gasteiger partial charge in [-0.05, 0) is 58.6 Å². The molecule has 0 N–H and O–H groups in total. The second kappa shape index (κ2) is 8.13. The zero-order chi connectivity index (χ0) is 18.6. The molecule has 1 unspecified atom stereocenters. The summed E-state index contributed by atoms with van der Waals surface area (Å²) in [6, 6.07) is 2.26. The third kappa shape index (κ3) is 4.29. The van der Waals surface area contributed by atoms with Crippen LogP contribution in [0.4, 0.5) is 0 Å². The molecule has 138 valence electrons. The van der Waals surface area contributed by atoms with Crippen LogP contribution in [0.5, 0.6) is 0 Å². The molecular weight excluding hydrogens is 334 g/mol. The molecule has 6 heteroatoms. The first-order valence-corrected chi connectivity index (χ1v) is 9.71. The number of rotatable bonds is 8. The highest BCUT2D eigenvalue weighted by Gasteiger charge is 2.39. The Balaban J connectivity index is 2.29. The lowest BCUT2D eigenvalue weighted by atomic mass is 9.75. The molecule has 0 fully saturated rings. The van der Waals surface area contributed by atoms with Gasteiger partial charge in [-0.2, -0.15) is 0 Å². The first kappa shape index (κ1) is 19.6. The van der Waals surface area contributed by atoms with Gasteiger partial charge in [0, 0.05) is 28.4 Å². The predicted octanol–water partition coefficient (Wildman–Crippen LogP) is 4.15. The van der Waals surface area contributed by atoms with E-state index in [4.69, 9.17) is 4.74 Å². The van der Waals surface area contributed by atoms with Crippen LogP contribution in [0.15, 0.2) is 12.3 Å². The molecule has 0 aliphatic heterocycles. The van der Waals surface area contributed by atoms with Crippen molar-refractivity contribution in [1.82, 2.24) is 15.0 Å². The van der Waals surface area contributed by atoms with Crippen LogP contribution in [0.3, 0.4) is 0 Å². The predicted molar refractivity (Wildman–Crippen MR) is 101 cm³/mol. The Morgan fingerprint density at radius 3 is 2.64 bits per heavy atom. The number of aryl methyl sites for hydroxylation is 4. The number of carbonyl (C=O) groups is 1. The third-order valence-electron chi connectivity index (χ3n) is 4.95. The molecule has 0 saturated carbocycles. The van der Waals surface area contributed by atoms with Gasteiger partial charge in [-0.15, -0.1) is 16.4 Å². The molecule has 0 radical (unpaired) electrons. The zero-order valence-electron chi connectivity index (χ0n) is 16.1. The lowest BCUT2D eigenvalue weighted by Gasteiger charge is -2.31. The monoisotopic (exact) mass is 363 g/mol. The molecule has 0 spiro atoms. The van der Waals surface area contributed by atoms with E-state index in [9.17, 15) is 4.79 Å². The average Bonchev–Trinajstić information content (AvgIpc) is 3.20. The Bertz CT molecular complexity index is 718. The minimum absolute atomic E-state index is 0.0933. The van der Waals surface area contributed by atoms with Gasteiger partial charge < -0.3 is 4.74 Å². The van der Waals surface area contributed by atoms with Gasteiger partial charge >= 0.3 is 5.97 Å². The van der Waals surface area contributed by atoms with E-state index in [1.54, 1.807) is 11.3 Å². The molecule has 0 amide bonds. The number of ether oxygens (including phenoxy) is 1. The number of nitrogens with zero attached hydrogens (tertiary/aromatic N) is 3. The Hall–Kier alpha value is -1.69. The van der Waals surface area contributed by atoms with E-state index in [1.807, 2.05) is 31.6 Å². The molecule has 1 atom stereocenters. The lowest BCUT2D eigenvalue weighted by Crippen LogP contribution is -2.32. The summed E-state index contributed by atoms with van der Waals surface area (Å²) in [5, 5.41) is 8.35. The molecule has 0 bridgehead atoms. The Morgan fingerprint density at radius 2 is 2.12 bits per heavy atom. The number of hydrogen-bond acceptors (Lipinski definition) is 5. The van der Waals surface area contributed by atoms with Crippen molar-refractivity contribution in [3.8, 4) is 0 Å². The molecule has 0 aromatic carbocycles. The first-order chi connectivity index (χ1) is 11.8. The molecule has 5 nitrogen and oxygen atoms in total. The topological polar surface area (TPSA) is 57.0 Å². The second-order valence-corrected chi connectivity index (χ2v) is 8.24. The van der Waals surface area contributed by atoms with Gasteiger partial charge in [-0.25, -0.2) is 0 Å². The highest BCUT2D eigenvalue weighted by molar-refractivity contribution is 7.12. The second-order valence-electron chi connectivity index (χ2n) is 6.95. The molecule has 2 aromatic heterocycles. The summed E-state index contributed by atoms with van der Waals surface area (Å²) < 4.78 is 6.92. The maximum atomic E-state index is 12.4. The minimum atomic E-state index is -0.586. The smallest absolute Gasteiger partial charge is 0.311 e. The summed E-state index contributed by atoms with van der Waals surface area (Å²) >= 11 is 1.80. The Labute approximate surface area is 154 Å². The van der Waals surface area contributed by atoms with Crippen molar-refractivity contribution in [2.45, 2.75) is 66.3 Å². The zero-order valence-corrected chi connectivity index (χ0v) is 16.9. The average molecular weight is 364 g/mol. The number of aromatic nitrogens is 3. The van der Waals surface area contributed by atoms with Crippen molar-refractivity contribution < 1.29 is 9.53 Å². The molecule has 0 aliphatic carbocycles. The Kier molecular flexibility index (Phi) is 6.38. The fraction of sp³-hybridized carbons (Fsp3) is 0.632. The summed E-state index contributed by atoms with van der Waals surface area (Å²) in [6.07, 6.45) is 4.63. The van der Waals surface area contributed by atoms with Crippen molar-refractivity contribution in [2.75, 3.05) is 7.11 Å². The van der Waals surface area contributed by atoms with Crippen molar-refractivity contribution in [3.63, 3.8) is 0 Å². The van der Waals surface area contributed by atoms with Crippen LogP contribution in [-0.4, -0.2) is 28.1 Å². The summed E-state index contributed by atoms with van der Waals surface area (Å²) in [5.41, 5.74) is 1.75. The van der Waals surface area contributed by atoms with E-state index in [1.165, 1.54) is 22.4 Å². The minimum Gasteiger partial charge on any atom is -0.469 e. The largest absolute Gasteiger partial charge is 0.469 e. The van der Waals surface area contributed by atoms with Crippen LogP contribution in [0, 0.1) is 12.3 Å². The third-order valence-corrected chi connectivity index (χ3v) is 6.15. The van der Waals surface area contributed by atoms with E-state index in [0.29, 0.717) is 0 Å². The van der Waals surface area contributed by atoms with Gasteiger partial charge in [0.15, 0.2) is 0 Å². The lowest BCUT2D eigenvalue weighted by molar-refractivity contribution is -0.152. The van der Waals surface area contributed by atoms with E-state index in [0.717, 1.165) is 31.5 Å². The van der Waals surface area contributed by atoms with E-state index in [-0.39, 0.29) is 11.9 Å². The van der Waals surface area contributed by atoms with Crippen LogP contribution in [0.2, 0.25) is 0 Å². The number of thiophene rings is 1. The molecule has 2 rings (SSSR count). The van der Waals surface area contributed by atoms with Gasteiger partial charge in [0.25, 0.3) is 0 Å². The maximum absolute atomic E-state index is 12.4. The highest BCUT2D eigenvalue weighted by Crippen LogP contribution is 2.43. The summed E-state index contributed by atoms with van der Waals surface area (Å²) in [4.78, 5) is 15.0. The van der Waals surface area contributed by atoms with Crippen LogP contribution in [0.25, 0.3) is 0 Å². The van der Waals surface area contributed by atoms with E-state index >= 15 is 0 Å².